The Hall–Kier alpha value is -0.500. The summed E-state index contributed by atoms with van der Waals surface area (Å²) in [6, 6.07) is -0.540. The van der Waals surface area contributed by atoms with Gasteiger partial charge in [0, 0.05) is 0 Å². The molecule has 2 fully saturated rings. The van der Waals surface area contributed by atoms with Crippen LogP contribution in [0.15, 0.2) is 10.2 Å². The van der Waals surface area contributed by atoms with Crippen LogP contribution in [-0.2, 0) is 19.7 Å². The summed E-state index contributed by atoms with van der Waals surface area (Å²) >= 11 is 0. The first-order valence-electron chi connectivity index (χ1n) is 5.17. The molecule has 0 radical (unpaired) electrons. The van der Waals surface area contributed by atoms with Gasteiger partial charge in [-0.05, 0) is 12.8 Å². The summed E-state index contributed by atoms with van der Waals surface area (Å²) < 4.78 is 44.6. The van der Waals surface area contributed by atoms with Crippen molar-refractivity contribution in [3.05, 3.63) is 0 Å². The third kappa shape index (κ3) is 3.00. The van der Waals surface area contributed by atoms with E-state index in [-0.39, 0.29) is 35.1 Å². The van der Waals surface area contributed by atoms with Crippen molar-refractivity contribution in [3.63, 3.8) is 0 Å². The van der Waals surface area contributed by atoms with Crippen LogP contribution < -0.4 is 0 Å². The van der Waals surface area contributed by atoms with Crippen molar-refractivity contribution >= 4 is 19.7 Å². The van der Waals surface area contributed by atoms with Crippen molar-refractivity contribution in [1.82, 2.24) is 0 Å². The Morgan fingerprint density at radius 3 is 1.38 bits per heavy atom. The highest BCUT2D eigenvalue weighted by molar-refractivity contribution is 7.91. The summed E-state index contributed by atoms with van der Waals surface area (Å²) in [6.07, 6.45) is 1.01. The number of rotatable bonds is 2. The fourth-order valence-electron chi connectivity index (χ4n) is 1.92. The zero-order valence-electron chi connectivity index (χ0n) is 8.74. The topological polar surface area (TPSA) is 93.0 Å². The van der Waals surface area contributed by atoms with E-state index in [4.69, 9.17) is 0 Å². The number of sulfone groups is 2. The summed E-state index contributed by atoms with van der Waals surface area (Å²) in [4.78, 5) is 0. The van der Waals surface area contributed by atoms with Crippen LogP contribution in [0.5, 0.6) is 0 Å². The highest BCUT2D eigenvalue weighted by Crippen LogP contribution is 2.19. The van der Waals surface area contributed by atoms with E-state index in [1.807, 2.05) is 0 Å². The quantitative estimate of drug-likeness (QED) is 0.648. The molecule has 0 N–H and O–H groups in total. The lowest BCUT2D eigenvalue weighted by atomic mass is 10.3. The average molecular weight is 266 g/mol. The van der Waals surface area contributed by atoms with Gasteiger partial charge in [-0.25, -0.2) is 16.8 Å². The first-order chi connectivity index (χ1) is 7.36. The highest BCUT2D eigenvalue weighted by Gasteiger charge is 2.30. The van der Waals surface area contributed by atoms with Crippen LogP contribution >= 0.6 is 0 Å². The van der Waals surface area contributed by atoms with E-state index in [9.17, 15) is 16.8 Å². The molecule has 0 aromatic heterocycles. The van der Waals surface area contributed by atoms with E-state index in [1.165, 1.54) is 0 Å². The fourth-order valence-corrected chi connectivity index (χ4v) is 5.16. The molecule has 0 saturated carbocycles. The standard InChI is InChI=1S/C8H14N2O4S2/c11-15(12)3-1-7(5-15)9-10-8-2-4-16(13,14)6-8/h7-8H,1-6H2/t7-,8-/m1/s1. The van der Waals surface area contributed by atoms with E-state index in [0.717, 1.165) is 0 Å². The second-order valence-electron chi connectivity index (χ2n) is 4.34. The van der Waals surface area contributed by atoms with Crippen molar-refractivity contribution in [2.24, 2.45) is 10.2 Å². The average Bonchev–Trinajstić information content (AvgIpc) is 2.66. The molecule has 16 heavy (non-hydrogen) atoms. The maximum absolute atomic E-state index is 11.1. The molecule has 0 bridgehead atoms. The fraction of sp³-hybridized carbons (Fsp3) is 1.00. The molecular weight excluding hydrogens is 252 g/mol. The van der Waals surface area contributed by atoms with Gasteiger partial charge in [-0.3, -0.25) is 0 Å². The van der Waals surface area contributed by atoms with E-state index in [2.05, 4.69) is 10.2 Å². The van der Waals surface area contributed by atoms with Crippen molar-refractivity contribution in [3.8, 4) is 0 Å². The van der Waals surface area contributed by atoms with E-state index in [0.29, 0.717) is 12.8 Å². The molecule has 0 amide bonds. The summed E-state index contributed by atoms with van der Waals surface area (Å²) in [7, 11) is -5.87. The number of azo groups is 1. The number of hydrogen-bond donors (Lipinski definition) is 0. The molecule has 0 aliphatic carbocycles. The molecule has 0 unspecified atom stereocenters. The van der Waals surface area contributed by atoms with Crippen LogP contribution in [0.2, 0.25) is 0 Å². The van der Waals surface area contributed by atoms with E-state index in [1.54, 1.807) is 0 Å². The normalized spacial score (nSPS) is 37.0. The van der Waals surface area contributed by atoms with Crippen LogP contribution in [0.1, 0.15) is 12.8 Å². The molecule has 0 aromatic rings. The third-order valence-electron chi connectivity index (χ3n) is 2.81. The number of nitrogens with zero attached hydrogens (tertiary/aromatic N) is 2. The van der Waals surface area contributed by atoms with Gasteiger partial charge in [-0.2, -0.15) is 10.2 Å². The molecule has 8 heteroatoms. The smallest absolute Gasteiger partial charge is 0.152 e. The van der Waals surface area contributed by atoms with Gasteiger partial charge in [0.05, 0.1) is 35.1 Å². The van der Waals surface area contributed by atoms with Gasteiger partial charge in [-0.1, -0.05) is 0 Å². The maximum atomic E-state index is 11.1. The molecule has 2 rings (SSSR count). The number of hydrogen-bond acceptors (Lipinski definition) is 6. The Balaban J connectivity index is 1.92. The lowest BCUT2D eigenvalue weighted by molar-refractivity contribution is 0.595. The molecule has 6 nitrogen and oxygen atoms in total. The van der Waals surface area contributed by atoms with Crippen molar-refractivity contribution in [2.45, 2.75) is 24.9 Å². The van der Waals surface area contributed by atoms with Crippen LogP contribution in [0.25, 0.3) is 0 Å². The monoisotopic (exact) mass is 266 g/mol. The molecule has 0 spiro atoms. The van der Waals surface area contributed by atoms with Crippen molar-refractivity contribution < 1.29 is 16.8 Å². The minimum atomic E-state index is -2.94. The Kier molecular flexibility index (Phi) is 3.04. The van der Waals surface area contributed by atoms with Crippen LogP contribution in [-0.4, -0.2) is 51.9 Å². The van der Waals surface area contributed by atoms with Gasteiger partial charge in [0.1, 0.15) is 0 Å². The van der Waals surface area contributed by atoms with E-state index >= 15 is 0 Å². The predicted molar refractivity (Wildman–Crippen MR) is 59.0 cm³/mol. The summed E-state index contributed by atoms with van der Waals surface area (Å²) in [5.74, 6) is 0.436. The largest absolute Gasteiger partial charge is 0.229 e. The summed E-state index contributed by atoms with van der Waals surface area (Å²) in [5.41, 5.74) is 0. The third-order valence-corrected chi connectivity index (χ3v) is 6.31. The van der Waals surface area contributed by atoms with Gasteiger partial charge in [-0.15, -0.1) is 0 Å². The van der Waals surface area contributed by atoms with Crippen LogP contribution in [0, 0.1) is 0 Å². The van der Waals surface area contributed by atoms with E-state index < -0.39 is 19.7 Å². The van der Waals surface area contributed by atoms with Crippen LogP contribution in [0.3, 0.4) is 0 Å². The molecule has 2 aliphatic heterocycles. The van der Waals surface area contributed by atoms with Gasteiger partial charge < -0.3 is 0 Å². The van der Waals surface area contributed by atoms with Gasteiger partial charge >= 0.3 is 0 Å². The minimum Gasteiger partial charge on any atom is -0.229 e. The molecule has 2 saturated heterocycles. The van der Waals surface area contributed by atoms with Gasteiger partial charge in [0.2, 0.25) is 0 Å². The first-order valence-corrected chi connectivity index (χ1v) is 8.81. The molecule has 2 aliphatic rings. The molecule has 2 heterocycles. The van der Waals surface area contributed by atoms with Crippen molar-refractivity contribution in [2.75, 3.05) is 23.0 Å². The zero-order valence-corrected chi connectivity index (χ0v) is 10.4. The van der Waals surface area contributed by atoms with Gasteiger partial charge in [0.15, 0.2) is 19.7 Å². The Morgan fingerprint density at radius 1 is 0.750 bits per heavy atom. The Morgan fingerprint density at radius 2 is 1.12 bits per heavy atom. The molecule has 92 valence electrons. The molecular formula is C8H14N2O4S2. The Labute approximate surface area is 95.0 Å². The van der Waals surface area contributed by atoms with Crippen LogP contribution in [0.4, 0.5) is 0 Å². The Bertz CT molecular complexity index is 448. The lowest BCUT2D eigenvalue weighted by Gasteiger charge is -2.01. The molecule has 2 atom stereocenters. The second kappa shape index (κ2) is 4.06. The minimum absolute atomic E-state index is 0.0516. The maximum Gasteiger partial charge on any atom is 0.152 e. The van der Waals surface area contributed by atoms with Gasteiger partial charge in [0.25, 0.3) is 0 Å². The SMILES string of the molecule is O=S1(=O)CC[C@@H](N=N[C@@H]2CCS(=O)(=O)C2)C1. The lowest BCUT2D eigenvalue weighted by Crippen LogP contribution is -2.10. The summed E-state index contributed by atoms with van der Waals surface area (Å²) in [5, 5.41) is 7.90. The zero-order chi connectivity index (χ0) is 11.8. The predicted octanol–water partition coefficient (Wildman–Crippen LogP) is -0.187. The second-order valence-corrected chi connectivity index (χ2v) is 8.80. The first kappa shape index (κ1) is 12.0. The van der Waals surface area contributed by atoms with Crippen molar-refractivity contribution in [1.29, 1.82) is 0 Å². The summed E-state index contributed by atoms with van der Waals surface area (Å²) in [6.45, 7) is 0. The highest BCUT2D eigenvalue weighted by atomic mass is 32.2. The molecule has 0 aromatic carbocycles.